The fourth-order valence-corrected chi connectivity index (χ4v) is 5.97. The third-order valence-corrected chi connectivity index (χ3v) is 7.35. The lowest BCUT2D eigenvalue weighted by atomic mass is 10.1. The van der Waals surface area contributed by atoms with E-state index in [9.17, 15) is 16.8 Å². The second kappa shape index (κ2) is 6.41. The normalized spacial score (nSPS) is 12.4. The molecule has 0 fully saturated rings. The van der Waals surface area contributed by atoms with E-state index in [4.69, 9.17) is 21.4 Å². The lowest BCUT2D eigenvalue weighted by Crippen LogP contribution is -1.95. The van der Waals surface area contributed by atoms with Gasteiger partial charge in [0, 0.05) is 30.3 Å². The fraction of sp³-hybridized carbons (Fsp3) is 0. The Balaban J connectivity index is 2.69. The summed E-state index contributed by atoms with van der Waals surface area (Å²) in [7, 11) is 2.86. The van der Waals surface area contributed by atoms with Gasteiger partial charge in [0.05, 0.1) is 9.79 Å². The number of halogens is 4. The largest absolute Gasteiger partial charge is 0.262 e. The van der Waals surface area contributed by atoms with Gasteiger partial charge in [-0.2, -0.15) is 0 Å². The first-order valence-electron chi connectivity index (χ1n) is 5.49. The van der Waals surface area contributed by atoms with Gasteiger partial charge < -0.3 is 0 Å². The molecule has 0 spiro atoms. The van der Waals surface area contributed by atoms with E-state index in [1.807, 2.05) is 0 Å². The first-order valence-corrected chi connectivity index (χ1v) is 11.7. The van der Waals surface area contributed by atoms with Crippen molar-refractivity contribution in [2.45, 2.75) is 9.79 Å². The van der Waals surface area contributed by atoms with Crippen molar-refractivity contribution >= 4 is 71.3 Å². The quantitative estimate of drug-likeness (QED) is 0.562. The van der Waals surface area contributed by atoms with Gasteiger partial charge in [-0.05, 0) is 67.3 Å². The minimum absolute atomic E-state index is 0.107. The maximum absolute atomic E-state index is 11.5. The molecule has 0 aliphatic rings. The summed E-state index contributed by atoms with van der Waals surface area (Å²) in [6.07, 6.45) is 0. The van der Waals surface area contributed by atoms with E-state index in [0.29, 0.717) is 20.1 Å². The molecule has 2 rings (SSSR count). The summed E-state index contributed by atoms with van der Waals surface area (Å²) in [5.74, 6) is 0. The first kappa shape index (κ1) is 18.2. The van der Waals surface area contributed by atoms with E-state index in [1.165, 1.54) is 24.3 Å². The van der Waals surface area contributed by atoms with Crippen LogP contribution in [0.5, 0.6) is 0 Å². The second-order valence-electron chi connectivity index (χ2n) is 4.17. The minimum Gasteiger partial charge on any atom is -0.207 e. The number of hydrogen-bond acceptors (Lipinski definition) is 4. The van der Waals surface area contributed by atoms with Crippen molar-refractivity contribution in [2.75, 3.05) is 0 Å². The highest BCUT2D eigenvalue weighted by atomic mass is 79.9. The van der Waals surface area contributed by atoms with Gasteiger partial charge in [-0.25, -0.2) is 16.8 Å². The van der Waals surface area contributed by atoms with Crippen LogP contribution in [0.15, 0.2) is 55.1 Å². The molecule has 118 valence electrons. The van der Waals surface area contributed by atoms with Crippen molar-refractivity contribution in [3.05, 3.63) is 45.3 Å². The van der Waals surface area contributed by atoms with Crippen LogP contribution in [0.2, 0.25) is 0 Å². The van der Waals surface area contributed by atoms with Crippen LogP contribution in [0.1, 0.15) is 0 Å². The van der Waals surface area contributed by atoms with Crippen LogP contribution in [0.3, 0.4) is 0 Å². The molecule has 0 aliphatic carbocycles. The third-order valence-electron chi connectivity index (χ3n) is 2.72. The molecule has 0 saturated carbocycles. The van der Waals surface area contributed by atoms with Crippen molar-refractivity contribution < 1.29 is 16.8 Å². The molecule has 0 aliphatic heterocycles. The summed E-state index contributed by atoms with van der Waals surface area (Å²) in [5, 5.41) is 0. The zero-order chi connectivity index (χ0) is 16.7. The predicted octanol–water partition coefficient (Wildman–Crippen LogP) is 4.73. The summed E-state index contributed by atoms with van der Waals surface area (Å²) in [6.45, 7) is 0. The van der Waals surface area contributed by atoms with Crippen molar-refractivity contribution in [1.82, 2.24) is 0 Å². The topological polar surface area (TPSA) is 68.3 Å². The molecular weight excluding hydrogens is 503 g/mol. The Morgan fingerprint density at radius 1 is 0.682 bits per heavy atom. The first-order chi connectivity index (χ1) is 10.00. The van der Waals surface area contributed by atoms with Gasteiger partial charge in [0.25, 0.3) is 18.1 Å². The SMILES string of the molecule is O=S(=O)(Cl)c1cc(-c2ccc(Br)c(S(=O)(=O)Cl)c2)ccc1Br. The maximum Gasteiger partial charge on any atom is 0.262 e. The monoisotopic (exact) mass is 506 g/mol. The van der Waals surface area contributed by atoms with Crippen molar-refractivity contribution in [3.8, 4) is 11.1 Å². The number of rotatable bonds is 3. The molecule has 2 aromatic rings. The highest BCUT2D eigenvalue weighted by Gasteiger charge is 2.18. The molecule has 0 bridgehead atoms. The zero-order valence-corrected chi connectivity index (χ0v) is 16.7. The van der Waals surface area contributed by atoms with E-state index in [0.717, 1.165) is 0 Å². The van der Waals surface area contributed by atoms with Gasteiger partial charge in [0.2, 0.25) is 0 Å². The maximum atomic E-state index is 11.5. The van der Waals surface area contributed by atoms with Crippen LogP contribution in [0.25, 0.3) is 11.1 Å². The standard InChI is InChI=1S/C12H6Br2Cl2O4S2/c13-9-3-1-7(5-11(9)21(15,17)18)8-2-4-10(14)12(6-8)22(16,19)20/h1-6H. The summed E-state index contributed by atoms with van der Waals surface area (Å²) in [6, 6.07) is 8.98. The third kappa shape index (κ3) is 4.04. The Bertz CT molecular complexity index is 878. The lowest BCUT2D eigenvalue weighted by Gasteiger charge is -2.08. The van der Waals surface area contributed by atoms with E-state index >= 15 is 0 Å². The van der Waals surface area contributed by atoms with Crippen LogP contribution < -0.4 is 0 Å². The molecular formula is C12H6Br2Cl2O4S2. The van der Waals surface area contributed by atoms with E-state index in [-0.39, 0.29) is 9.79 Å². The van der Waals surface area contributed by atoms with Crippen LogP contribution >= 0.6 is 53.2 Å². The van der Waals surface area contributed by atoms with Crippen LogP contribution in [0.4, 0.5) is 0 Å². The molecule has 0 N–H and O–H groups in total. The van der Waals surface area contributed by atoms with Crippen LogP contribution in [0, 0.1) is 0 Å². The fourth-order valence-electron chi connectivity index (χ4n) is 1.74. The average Bonchev–Trinajstić information content (AvgIpc) is 2.37. The van der Waals surface area contributed by atoms with E-state index in [1.54, 1.807) is 12.1 Å². The number of hydrogen-bond donors (Lipinski definition) is 0. The molecule has 0 amide bonds. The van der Waals surface area contributed by atoms with Crippen molar-refractivity contribution in [2.24, 2.45) is 0 Å². The Hall–Kier alpha value is -0.120. The molecule has 22 heavy (non-hydrogen) atoms. The predicted molar refractivity (Wildman–Crippen MR) is 93.4 cm³/mol. The van der Waals surface area contributed by atoms with Gasteiger partial charge in [-0.15, -0.1) is 0 Å². The molecule has 0 unspecified atom stereocenters. The summed E-state index contributed by atoms with van der Waals surface area (Å²) < 4.78 is 46.7. The Labute approximate surface area is 153 Å². The molecule has 4 nitrogen and oxygen atoms in total. The van der Waals surface area contributed by atoms with E-state index < -0.39 is 18.1 Å². The highest BCUT2D eigenvalue weighted by molar-refractivity contribution is 9.10. The summed E-state index contributed by atoms with van der Waals surface area (Å²) in [4.78, 5) is -0.213. The Morgan fingerprint density at radius 2 is 1.00 bits per heavy atom. The Morgan fingerprint density at radius 3 is 1.27 bits per heavy atom. The van der Waals surface area contributed by atoms with Gasteiger partial charge in [-0.3, -0.25) is 0 Å². The average molecular weight is 509 g/mol. The lowest BCUT2D eigenvalue weighted by molar-refractivity contribution is 0.607. The molecule has 0 aromatic heterocycles. The minimum atomic E-state index is -3.94. The summed E-state index contributed by atoms with van der Waals surface area (Å²) >= 11 is 6.22. The van der Waals surface area contributed by atoms with Gasteiger partial charge >= 0.3 is 0 Å². The highest BCUT2D eigenvalue weighted by Crippen LogP contribution is 2.34. The second-order valence-corrected chi connectivity index (χ2v) is 10.9. The van der Waals surface area contributed by atoms with Crippen molar-refractivity contribution in [1.29, 1.82) is 0 Å². The molecule has 2 aromatic carbocycles. The molecule has 0 saturated heterocycles. The molecule has 0 heterocycles. The van der Waals surface area contributed by atoms with Crippen LogP contribution in [-0.2, 0) is 18.1 Å². The van der Waals surface area contributed by atoms with Crippen LogP contribution in [-0.4, -0.2) is 16.8 Å². The van der Waals surface area contributed by atoms with E-state index in [2.05, 4.69) is 31.9 Å². The van der Waals surface area contributed by atoms with Gasteiger partial charge in [0.1, 0.15) is 0 Å². The summed E-state index contributed by atoms with van der Waals surface area (Å²) in [5.41, 5.74) is 0.966. The van der Waals surface area contributed by atoms with Gasteiger partial charge in [0.15, 0.2) is 0 Å². The number of benzene rings is 2. The van der Waals surface area contributed by atoms with Crippen molar-refractivity contribution in [3.63, 3.8) is 0 Å². The molecule has 0 atom stereocenters. The van der Waals surface area contributed by atoms with Gasteiger partial charge in [-0.1, -0.05) is 12.1 Å². The smallest absolute Gasteiger partial charge is 0.207 e. The zero-order valence-electron chi connectivity index (χ0n) is 10.4. The Kier molecular flexibility index (Phi) is 5.31. The molecule has 0 radical (unpaired) electrons. The molecule has 10 heteroatoms.